The number of hydrogen-bond donors (Lipinski definition) is 1. The van der Waals surface area contributed by atoms with Crippen LogP contribution in [0.5, 0.6) is 5.88 Å². The minimum absolute atomic E-state index is 0.00680. The molecule has 0 fully saturated rings. The van der Waals surface area contributed by atoms with Crippen molar-refractivity contribution >= 4 is 44.4 Å². The van der Waals surface area contributed by atoms with Crippen LogP contribution in [0.3, 0.4) is 0 Å². The normalized spacial score (nSPS) is 13.3. The van der Waals surface area contributed by atoms with Crippen LogP contribution in [0.1, 0.15) is 35.4 Å². The highest BCUT2D eigenvalue weighted by Crippen LogP contribution is 2.32. The predicted octanol–water partition coefficient (Wildman–Crippen LogP) is 5.03. The largest absolute Gasteiger partial charge is 0.493 e. The van der Waals surface area contributed by atoms with Crippen molar-refractivity contribution in [3.63, 3.8) is 0 Å². The minimum Gasteiger partial charge on any atom is -0.493 e. The summed E-state index contributed by atoms with van der Waals surface area (Å²) in [4.78, 5) is 23.5. The smallest absolute Gasteiger partial charge is 0.279 e. The van der Waals surface area contributed by atoms with E-state index in [1.54, 1.807) is 4.57 Å². The highest BCUT2D eigenvalue weighted by Gasteiger charge is 2.27. The van der Waals surface area contributed by atoms with Crippen molar-refractivity contribution in [2.75, 3.05) is 0 Å². The van der Waals surface area contributed by atoms with E-state index in [1.165, 1.54) is 11.3 Å². The lowest BCUT2D eigenvalue weighted by molar-refractivity contribution is -0.112. The van der Waals surface area contributed by atoms with Gasteiger partial charge in [-0.2, -0.15) is 0 Å². The standard InChI is InChI=1S/C28H24BrN3O2S/c1-4-17-10-6-8-12-21(17)30-28-32(22-13-9-7-11-18(22)5-2)27(34)25(35-28)23-20-15-19(29)14-16(3)24(20)31-26(23)33/h6-15,34H,4-5H2,1-3H3. The zero-order valence-corrected chi connectivity index (χ0v) is 22.1. The summed E-state index contributed by atoms with van der Waals surface area (Å²) in [5.41, 5.74) is 5.18. The van der Waals surface area contributed by atoms with Gasteiger partial charge in [0.1, 0.15) is 4.88 Å². The van der Waals surface area contributed by atoms with Crippen molar-refractivity contribution in [3.05, 3.63) is 102 Å². The molecule has 0 unspecified atom stereocenters. The molecule has 0 radical (unpaired) electrons. The Morgan fingerprint density at radius 1 is 1.03 bits per heavy atom. The van der Waals surface area contributed by atoms with E-state index in [2.05, 4.69) is 40.8 Å². The van der Waals surface area contributed by atoms with E-state index in [9.17, 15) is 9.90 Å². The highest BCUT2D eigenvalue weighted by atomic mass is 79.9. The number of nitrogens with zero attached hydrogens (tertiary/aromatic N) is 3. The fraction of sp³-hybridized carbons (Fsp3) is 0.179. The lowest BCUT2D eigenvalue weighted by atomic mass is 10.1. The molecule has 2 heterocycles. The van der Waals surface area contributed by atoms with Crippen molar-refractivity contribution in [2.45, 2.75) is 33.6 Å². The fourth-order valence-corrected chi connectivity index (χ4v) is 6.10. The number of aromatic nitrogens is 1. The van der Waals surface area contributed by atoms with Gasteiger partial charge in [-0.1, -0.05) is 77.5 Å². The highest BCUT2D eigenvalue weighted by molar-refractivity contribution is 9.10. The summed E-state index contributed by atoms with van der Waals surface area (Å²) >= 11 is 4.84. The summed E-state index contributed by atoms with van der Waals surface area (Å²) in [6, 6.07) is 19.8. The van der Waals surface area contributed by atoms with Crippen LogP contribution < -0.4 is 15.4 Å². The Balaban J connectivity index is 1.89. The number of halogens is 1. The van der Waals surface area contributed by atoms with Crippen LogP contribution in [0.2, 0.25) is 0 Å². The SMILES string of the molecule is CCc1ccccc1N=c1sc(C2=c3cc(Br)cc(C)c3=NC2=O)c(O)n1-c1ccccc1CC. The summed E-state index contributed by atoms with van der Waals surface area (Å²) < 4.78 is 2.62. The molecule has 5 rings (SSSR count). The van der Waals surface area contributed by atoms with Gasteiger partial charge in [-0.05, 0) is 60.7 Å². The van der Waals surface area contributed by atoms with Crippen LogP contribution in [-0.2, 0) is 17.6 Å². The lowest BCUT2D eigenvalue weighted by Gasteiger charge is -2.11. The number of hydrogen-bond acceptors (Lipinski definition) is 4. The summed E-state index contributed by atoms with van der Waals surface area (Å²) in [6.07, 6.45) is 1.63. The van der Waals surface area contributed by atoms with Crippen LogP contribution in [0, 0.1) is 6.92 Å². The first kappa shape index (κ1) is 23.5. The van der Waals surface area contributed by atoms with Gasteiger partial charge in [0.25, 0.3) is 5.91 Å². The van der Waals surface area contributed by atoms with Crippen LogP contribution in [0.25, 0.3) is 11.3 Å². The van der Waals surface area contributed by atoms with Crippen molar-refractivity contribution in [1.82, 2.24) is 4.57 Å². The Morgan fingerprint density at radius 2 is 1.71 bits per heavy atom. The molecule has 0 bridgehead atoms. The summed E-state index contributed by atoms with van der Waals surface area (Å²) in [7, 11) is 0. The van der Waals surface area contributed by atoms with Gasteiger partial charge in [-0.3, -0.25) is 9.36 Å². The molecule has 0 saturated carbocycles. The first-order chi connectivity index (χ1) is 16.9. The average molecular weight is 546 g/mol. The molecule has 0 atom stereocenters. The molecule has 4 aromatic rings. The van der Waals surface area contributed by atoms with Crippen LogP contribution in [-0.4, -0.2) is 15.6 Å². The number of carbonyl (C=O) groups excluding carboxylic acids is 1. The maximum Gasteiger partial charge on any atom is 0.279 e. The van der Waals surface area contributed by atoms with Gasteiger partial charge < -0.3 is 5.11 Å². The van der Waals surface area contributed by atoms with Gasteiger partial charge in [-0.25, -0.2) is 9.98 Å². The molecule has 176 valence electrons. The third-order valence-corrected chi connectivity index (χ3v) is 7.70. The second-order valence-electron chi connectivity index (χ2n) is 8.36. The van der Waals surface area contributed by atoms with Crippen molar-refractivity contribution in [3.8, 4) is 11.6 Å². The minimum atomic E-state index is -0.353. The van der Waals surface area contributed by atoms with E-state index < -0.39 is 0 Å². The Morgan fingerprint density at radius 3 is 2.46 bits per heavy atom. The first-order valence-electron chi connectivity index (χ1n) is 11.5. The van der Waals surface area contributed by atoms with Gasteiger partial charge in [0.15, 0.2) is 4.80 Å². The molecule has 0 aliphatic carbocycles. The molecule has 1 aliphatic rings. The Hall–Kier alpha value is -3.29. The van der Waals surface area contributed by atoms with E-state index in [0.717, 1.165) is 50.6 Å². The van der Waals surface area contributed by atoms with E-state index in [1.807, 2.05) is 61.5 Å². The molecular formula is C28H24BrN3O2S. The summed E-state index contributed by atoms with van der Waals surface area (Å²) in [5.74, 6) is -0.359. The molecule has 1 amide bonds. The number of aryl methyl sites for hydroxylation is 3. The van der Waals surface area contributed by atoms with E-state index >= 15 is 0 Å². The molecule has 3 aromatic carbocycles. The monoisotopic (exact) mass is 545 g/mol. The van der Waals surface area contributed by atoms with Crippen molar-refractivity contribution < 1.29 is 9.90 Å². The maximum absolute atomic E-state index is 13.1. The average Bonchev–Trinajstić information content (AvgIpc) is 3.34. The van der Waals surface area contributed by atoms with Gasteiger partial charge >= 0.3 is 0 Å². The number of fused-ring (bicyclic) bond motifs is 1. The zero-order valence-electron chi connectivity index (χ0n) is 19.7. The third-order valence-electron chi connectivity index (χ3n) is 6.19. The summed E-state index contributed by atoms with van der Waals surface area (Å²) in [5, 5.41) is 13.0. The van der Waals surface area contributed by atoms with Crippen molar-refractivity contribution in [1.29, 1.82) is 0 Å². The third kappa shape index (κ3) is 4.09. The first-order valence-corrected chi connectivity index (χ1v) is 13.1. The molecular weight excluding hydrogens is 522 g/mol. The number of para-hydroxylation sites is 2. The van der Waals surface area contributed by atoms with Crippen LogP contribution in [0.4, 0.5) is 5.69 Å². The van der Waals surface area contributed by atoms with E-state index in [4.69, 9.17) is 4.99 Å². The fourth-order valence-electron chi connectivity index (χ4n) is 4.44. The molecule has 1 aromatic heterocycles. The maximum atomic E-state index is 13.1. The number of aromatic hydroxyl groups is 1. The summed E-state index contributed by atoms with van der Waals surface area (Å²) in [6.45, 7) is 6.10. The Labute approximate surface area is 215 Å². The Bertz CT molecular complexity index is 1680. The lowest BCUT2D eigenvalue weighted by Crippen LogP contribution is -2.26. The number of rotatable bonds is 5. The predicted molar refractivity (Wildman–Crippen MR) is 143 cm³/mol. The molecule has 0 saturated heterocycles. The zero-order chi connectivity index (χ0) is 24.7. The molecule has 0 spiro atoms. The Kier molecular flexibility index (Phi) is 6.30. The topological polar surface area (TPSA) is 66.9 Å². The molecule has 7 heteroatoms. The van der Waals surface area contributed by atoms with Gasteiger partial charge in [0, 0.05) is 9.69 Å². The van der Waals surface area contributed by atoms with Gasteiger partial charge in [0.2, 0.25) is 5.88 Å². The second kappa shape index (κ2) is 9.40. The van der Waals surface area contributed by atoms with Crippen molar-refractivity contribution in [2.24, 2.45) is 9.98 Å². The molecule has 5 nitrogen and oxygen atoms in total. The van der Waals surface area contributed by atoms with E-state index in [0.29, 0.717) is 20.6 Å². The number of benzene rings is 3. The van der Waals surface area contributed by atoms with Crippen LogP contribution in [0.15, 0.2) is 75.1 Å². The van der Waals surface area contributed by atoms with Crippen LogP contribution >= 0.6 is 27.3 Å². The van der Waals surface area contributed by atoms with Gasteiger partial charge in [0.05, 0.1) is 22.3 Å². The molecule has 1 N–H and O–H groups in total. The number of thiazole rings is 1. The van der Waals surface area contributed by atoms with Gasteiger partial charge in [-0.15, -0.1) is 0 Å². The number of carbonyl (C=O) groups is 1. The number of amides is 1. The van der Waals surface area contributed by atoms with E-state index in [-0.39, 0.29) is 11.8 Å². The molecule has 35 heavy (non-hydrogen) atoms. The molecule has 1 aliphatic heterocycles. The second-order valence-corrected chi connectivity index (χ2v) is 10.3. The quantitative estimate of drug-likeness (QED) is 0.382.